The average molecular weight is 130 g/mol. The number of aliphatic hydroxyl groups excluding tert-OH is 1. The van der Waals surface area contributed by atoms with Crippen molar-refractivity contribution in [2.45, 2.75) is 12.1 Å². The molecule has 1 aliphatic heterocycles. The molecule has 0 saturated carbocycles. The van der Waals surface area contributed by atoms with Gasteiger partial charge in [-0.2, -0.15) is 0 Å². The van der Waals surface area contributed by atoms with Crippen molar-refractivity contribution in [1.29, 1.82) is 0 Å². The third kappa shape index (κ3) is 1.41. The minimum Gasteiger partial charge on any atom is -0.390 e. The first-order valence-electron chi connectivity index (χ1n) is 3.28. The van der Waals surface area contributed by atoms with E-state index in [1.54, 1.807) is 0 Å². The molecular formula is C6H14N2O. The molecule has 1 fully saturated rings. The normalized spacial score (nSPS) is 37.7. The number of likely N-dealkylation sites (N-methyl/N-ethyl adjacent to an activating group) is 2. The molecular weight excluding hydrogens is 116 g/mol. The van der Waals surface area contributed by atoms with Crippen LogP contribution in [0.1, 0.15) is 0 Å². The molecule has 0 spiro atoms. The second-order valence-corrected chi connectivity index (χ2v) is 2.68. The van der Waals surface area contributed by atoms with E-state index in [1.165, 1.54) is 0 Å². The van der Waals surface area contributed by atoms with Gasteiger partial charge in [-0.3, -0.25) is 0 Å². The topological polar surface area (TPSA) is 35.5 Å². The Hall–Kier alpha value is -0.120. The van der Waals surface area contributed by atoms with Crippen molar-refractivity contribution in [3.05, 3.63) is 0 Å². The standard InChI is InChI=1S/C6H14N2O/c1-7-5-3-8(2)4-6(5)9/h5-7,9H,3-4H2,1-2H3/t5-,6+/m0/s1. The van der Waals surface area contributed by atoms with Crippen molar-refractivity contribution in [3.63, 3.8) is 0 Å². The summed E-state index contributed by atoms with van der Waals surface area (Å²) in [6, 6.07) is 0.273. The maximum absolute atomic E-state index is 9.26. The molecule has 0 radical (unpaired) electrons. The predicted octanol–water partition coefficient (Wildman–Crippen LogP) is -1.12. The Bertz CT molecular complexity index is 97.1. The summed E-state index contributed by atoms with van der Waals surface area (Å²) in [5.74, 6) is 0. The van der Waals surface area contributed by atoms with Crippen LogP contribution in [0.5, 0.6) is 0 Å². The van der Waals surface area contributed by atoms with Crippen LogP contribution in [0.4, 0.5) is 0 Å². The second kappa shape index (κ2) is 2.64. The number of aliphatic hydroxyl groups is 1. The zero-order valence-electron chi connectivity index (χ0n) is 5.96. The van der Waals surface area contributed by atoms with Gasteiger partial charge < -0.3 is 15.3 Å². The van der Waals surface area contributed by atoms with E-state index in [2.05, 4.69) is 10.2 Å². The van der Waals surface area contributed by atoms with E-state index in [-0.39, 0.29) is 12.1 Å². The van der Waals surface area contributed by atoms with Crippen molar-refractivity contribution in [2.24, 2.45) is 0 Å². The fourth-order valence-corrected chi connectivity index (χ4v) is 1.26. The monoisotopic (exact) mass is 130 g/mol. The van der Waals surface area contributed by atoms with Crippen molar-refractivity contribution >= 4 is 0 Å². The molecule has 0 bridgehead atoms. The molecule has 0 aromatic rings. The van der Waals surface area contributed by atoms with Gasteiger partial charge in [0, 0.05) is 19.1 Å². The summed E-state index contributed by atoms with van der Waals surface area (Å²) in [5, 5.41) is 12.3. The van der Waals surface area contributed by atoms with Gasteiger partial charge in [0.2, 0.25) is 0 Å². The molecule has 2 N–H and O–H groups in total. The first-order valence-corrected chi connectivity index (χ1v) is 3.28. The van der Waals surface area contributed by atoms with Crippen molar-refractivity contribution in [2.75, 3.05) is 27.2 Å². The largest absolute Gasteiger partial charge is 0.390 e. The van der Waals surface area contributed by atoms with Crippen LogP contribution in [0.15, 0.2) is 0 Å². The highest BCUT2D eigenvalue weighted by Crippen LogP contribution is 2.05. The van der Waals surface area contributed by atoms with Crippen LogP contribution in [0, 0.1) is 0 Å². The lowest BCUT2D eigenvalue weighted by Gasteiger charge is -2.10. The number of hydrogen-bond acceptors (Lipinski definition) is 3. The Kier molecular flexibility index (Phi) is 2.05. The van der Waals surface area contributed by atoms with Crippen LogP contribution < -0.4 is 5.32 Å². The summed E-state index contributed by atoms with van der Waals surface area (Å²) in [6.45, 7) is 1.75. The molecule has 0 aliphatic carbocycles. The van der Waals surface area contributed by atoms with Crippen LogP contribution in [-0.2, 0) is 0 Å². The number of β-amino-alcohol motifs (C(OH)–C–C–N with tert-alkyl or cyclic N) is 1. The van der Waals surface area contributed by atoms with Gasteiger partial charge in [0.15, 0.2) is 0 Å². The minimum atomic E-state index is -0.181. The first kappa shape index (κ1) is 6.99. The summed E-state index contributed by atoms with van der Waals surface area (Å²) in [4.78, 5) is 2.12. The van der Waals surface area contributed by atoms with E-state index < -0.39 is 0 Å². The summed E-state index contributed by atoms with van der Waals surface area (Å²) in [7, 11) is 3.90. The van der Waals surface area contributed by atoms with Crippen molar-refractivity contribution in [1.82, 2.24) is 10.2 Å². The van der Waals surface area contributed by atoms with E-state index >= 15 is 0 Å². The molecule has 2 atom stereocenters. The van der Waals surface area contributed by atoms with Crippen molar-refractivity contribution < 1.29 is 5.11 Å². The van der Waals surface area contributed by atoms with E-state index in [0.29, 0.717) is 0 Å². The smallest absolute Gasteiger partial charge is 0.0832 e. The zero-order valence-corrected chi connectivity index (χ0v) is 5.96. The van der Waals surface area contributed by atoms with Crippen molar-refractivity contribution in [3.8, 4) is 0 Å². The molecule has 54 valence electrons. The minimum absolute atomic E-state index is 0.181. The predicted molar refractivity (Wildman–Crippen MR) is 36.4 cm³/mol. The van der Waals surface area contributed by atoms with Crippen LogP contribution in [0.2, 0.25) is 0 Å². The summed E-state index contributed by atoms with van der Waals surface area (Å²) in [5.41, 5.74) is 0. The van der Waals surface area contributed by atoms with Crippen LogP contribution in [-0.4, -0.2) is 49.3 Å². The molecule has 1 saturated heterocycles. The first-order chi connectivity index (χ1) is 4.24. The second-order valence-electron chi connectivity index (χ2n) is 2.68. The number of likely N-dealkylation sites (tertiary alicyclic amines) is 1. The summed E-state index contributed by atoms with van der Waals surface area (Å²) >= 11 is 0. The molecule has 0 aromatic heterocycles. The number of nitrogens with zero attached hydrogens (tertiary/aromatic N) is 1. The Labute approximate surface area is 55.7 Å². The van der Waals surface area contributed by atoms with E-state index in [4.69, 9.17) is 0 Å². The van der Waals surface area contributed by atoms with Gasteiger partial charge in [-0.15, -0.1) is 0 Å². The highest BCUT2D eigenvalue weighted by Gasteiger charge is 2.26. The van der Waals surface area contributed by atoms with Crippen LogP contribution >= 0.6 is 0 Å². The molecule has 1 aliphatic rings. The molecule has 9 heavy (non-hydrogen) atoms. The highest BCUT2D eigenvalue weighted by atomic mass is 16.3. The Balaban J connectivity index is 2.38. The van der Waals surface area contributed by atoms with E-state index in [9.17, 15) is 5.11 Å². The quantitative estimate of drug-likeness (QED) is 0.472. The number of hydrogen-bond donors (Lipinski definition) is 2. The number of rotatable bonds is 1. The molecule has 3 nitrogen and oxygen atoms in total. The van der Waals surface area contributed by atoms with Gasteiger partial charge in [0.05, 0.1) is 6.10 Å². The third-order valence-corrected chi connectivity index (χ3v) is 1.84. The van der Waals surface area contributed by atoms with Gasteiger partial charge in [0.25, 0.3) is 0 Å². The fourth-order valence-electron chi connectivity index (χ4n) is 1.26. The van der Waals surface area contributed by atoms with Gasteiger partial charge in [-0.05, 0) is 14.1 Å². The Morgan fingerprint density at radius 3 is 2.44 bits per heavy atom. The Morgan fingerprint density at radius 2 is 2.22 bits per heavy atom. The lowest BCUT2D eigenvalue weighted by atomic mass is 10.2. The lowest BCUT2D eigenvalue weighted by Crippen LogP contribution is -2.36. The summed E-state index contributed by atoms with van der Waals surface area (Å²) < 4.78 is 0. The average Bonchev–Trinajstić information content (AvgIpc) is 2.10. The van der Waals surface area contributed by atoms with Gasteiger partial charge in [0.1, 0.15) is 0 Å². The third-order valence-electron chi connectivity index (χ3n) is 1.84. The molecule has 3 heteroatoms. The molecule has 0 aromatic carbocycles. The van der Waals surface area contributed by atoms with Crippen LogP contribution in [0.3, 0.4) is 0 Å². The van der Waals surface area contributed by atoms with Gasteiger partial charge in [-0.1, -0.05) is 0 Å². The summed E-state index contributed by atoms with van der Waals surface area (Å²) in [6.07, 6.45) is -0.181. The maximum Gasteiger partial charge on any atom is 0.0832 e. The van der Waals surface area contributed by atoms with Gasteiger partial charge >= 0.3 is 0 Å². The van der Waals surface area contributed by atoms with E-state index in [1.807, 2.05) is 14.1 Å². The van der Waals surface area contributed by atoms with Crippen LogP contribution in [0.25, 0.3) is 0 Å². The fraction of sp³-hybridized carbons (Fsp3) is 1.00. The number of nitrogens with one attached hydrogen (secondary N) is 1. The highest BCUT2D eigenvalue weighted by molar-refractivity contribution is 4.85. The lowest BCUT2D eigenvalue weighted by molar-refractivity contribution is 0.160. The zero-order chi connectivity index (χ0) is 6.85. The maximum atomic E-state index is 9.26. The molecule has 1 heterocycles. The molecule has 1 rings (SSSR count). The van der Waals surface area contributed by atoms with Gasteiger partial charge in [-0.25, -0.2) is 0 Å². The SMILES string of the molecule is CN[C@H]1CN(C)C[C@H]1O. The Morgan fingerprint density at radius 1 is 1.56 bits per heavy atom. The molecule has 0 amide bonds. The molecule has 0 unspecified atom stereocenters. The van der Waals surface area contributed by atoms with E-state index in [0.717, 1.165) is 13.1 Å².